The van der Waals surface area contributed by atoms with Crippen molar-refractivity contribution in [2.75, 3.05) is 5.75 Å². The fraction of sp³-hybridized carbons (Fsp3) is 0.667. The molecular weight excluding hydrogens is 288 g/mol. The van der Waals surface area contributed by atoms with Crippen LogP contribution in [0.3, 0.4) is 0 Å². The highest BCUT2D eigenvalue weighted by Crippen LogP contribution is 2.31. The molecule has 1 heterocycles. The number of nitrogens with zero attached hydrogens (tertiary/aromatic N) is 2. The van der Waals surface area contributed by atoms with E-state index in [-0.39, 0.29) is 11.3 Å². The molecule has 0 aliphatic heterocycles. The summed E-state index contributed by atoms with van der Waals surface area (Å²) in [4.78, 5) is 26.0. The Kier molecular flexibility index (Phi) is 5.85. The van der Waals surface area contributed by atoms with Crippen LogP contribution >= 0.6 is 11.8 Å². The molecule has 0 saturated heterocycles. The van der Waals surface area contributed by atoms with E-state index in [0.717, 1.165) is 36.6 Å². The van der Waals surface area contributed by atoms with Gasteiger partial charge in [-0.1, -0.05) is 37.9 Å². The van der Waals surface area contributed by atoms with Gasteiger partial charge in [-0.15, -0.1) is 0 Å². The fourth-order valence-corrected chi connectivity index (χ4v) is 3.69. The van der Waals surface area contributed by atoms with Gasteiger partial charge in [0.1, 0.15) is 0 Å². The molecule has 0 bridgehead atoms. The number of aryl methyl sites for hydroxylation is 1. The molecule has 116 valence electrons. The zero-order chi connectivity index (χ0) is 15.2. The fourth-order valence-electron chi connectivity index (χ4n) is 2.97. The number of rotatable bonds is 6. The molecule has 1 fully saturated rings. The zero-order valence-corrected chi connectivity index (χ0v) is 13.1. The van der Waals surface area contributed by atoms with Gasteiger partial charge in [-0.2, -0.15) is 4.98 Å². The number of thioether (sulfide) groups is 1. The maximum absolute atomic E-state index is 11.4. The van der Waals surface area contributed by atoms with Crippen LogP contribution in [0, 0.1) is 11.8 Å². The van der Waals surface area contributed by atoms with Gasteiger partial charge in [0.25, 0.3) is 5.56 Å². The van der Waals surface area contributed by atoms with Crippen LogP contribution in [0.2, 0.25) is 0 Å². The second kappa shape index (κ2) is 7.64. The summed E-state index contributed by atoms with van der Waals surface area (Å²) in [6.45, 7) is 3.11. The lowest BCUT2D eigenvalue weighted by molar-refractivity contribution is -0.133. The van der Waals surface area contributed by atoms with Gasteiger partial charge in [0.05, 0.1) is 5.75 Å². The highest BCUT2D eigenvalue weighted by molar-refractivity contribution is 7.99. The first-order valence-electron chi connectivity index (χ1n) is 7.46. The normalized spacial score (nSPS) is 22.1. The lowest BCUT2D eigenvalue weighted by Crippen LogP contribution is -2.18. The van der Waals surface area contributed by atoms with Crippen molar-refractivity contribution in [3.8, 4) is 0 Å². The van der Waals surface area contributed by atoms with E-state index in [0.29, 0.717) is 5.16 Å². The third-order valence-corrected chi connectivity index (χ3v) is 4.97. The first-order chi connectivity index (χ1) is 10.0. The van der Waals surface area contributed by atoms with Crippen molar-refractivity contribution < 1.29 is 9.90 Å². The summed E-state index contributed by atoms with van der Waals surface area (Å²) in [7, 11) is 0. The Hall–Kier alpha value is -1.30. The van der Waals surface area contributed by atoms with E-state index in [1.165, 1.54) is 31.7 Å². The number of carboxylic acids is 1. The van der Waals surface area contributed by atoms with Gasteiger partial charge in [-0.05, 0) is 24.7 Å². The van der Waals surface area contributed by atoms with E-state index in [4.69, 9.17) is 5.11 Å². The van der Waals surface area contributed by atoms with Gasteiger partial charge < -0.3 is 9.67 Å². The van der Waals surface area contributed by atoms with Gasteiger partial charge in [-0.3, -0.25) is 9.59 Å². The molecule has 1 aromatic rings. The Balaban J connectivity index is 1.98. The number of carboxylic acid groups (broad SMARTS) is 1. The Morgan fingerprint density at radius 3 is 3.05 bits per heavy atom. The van der Waals surface area contributed by atoms with Crippen molar-refractivity contribution in [1.82, 2.24) is 9.55 Å². The molecule has 0 spiro atoms. The molecule has 0 amide bonds. The van der Waals surface area contributed by atoms with Crippen LogP contribution in [0.1, 0.15) is 39.0 Å². The van der Waals surface area contributed by atoms with Crippen LogP contribution in [0.25, 0.3) is 0 Å². The minimum Gasteiger partial charge on any atom is -0.481 e. The number of hydrogen-bond acceptors (Lipinski definition) is 4. The van der Waals surface area contributed by atoms with Gasteiger partial charge in [-0.25, -0.2) is 0 Å². The average Bonchev–Trinajstić information content (AvgIpc) is 2.44. The first kappa shape index (κ1) is 16.1. The maximum Gasteiger partial charge on any atom is 0.313 e. The molecule has 6 heteroatoms. The number of aliphatic carboxylic acids is 1. The zero-order valence-electron chi connectivity index (χ0n) is 12.3. The maximum atomic E-state index is 11.4. The first-order valence-corrected chi connectivity index (χ1v) is 8.45. The third-order valence-electron chi connectivity index (χ3n) is 4.00. The minimum absolute atomic E-state index is 0.0725. The largest absolute Gasteiger partial charge is 0.481 e. The molecule has 2 atom stereocenters. The lowest BCUT2D eigenvalue weighted by atomic mass is 9.81. The van der Waals surface area contributed by atoms with Crippen molar-refractivity contribution >= 4 is 17.7 Å². The Morgan fingerprint density at radius 2 is 2.33 bits per heavy atom. The Labute approximate surface area is 128 Å². The van der Waals surface area contributed by atoms with Crippen molar-refractivity contribution in [2.45, 2.75) is 50.7 Å². The summed E-state index contributed by atoms with van der Waals surface area (Å²) >= 11 is 1.11. The van der Waals surface area contributed by atoms with Crippen LogP contribution in [0.4, 0.5) is 0 Å². The topological polar surface area (TPSA) is 72.2 Å². The van der Waals surface area contributed by atoms with Crippen LogP contribution < -0.4 is 5.56 Å². The van der Waals surface area contributed by atoms with E-state index < -0.39 is 5.97 Å². The summed E-state index contributed by atoms with van der Waals surface area (Å²) in [6.07, 6.45) is 7.97. The van der Waals surface area contributed by atoms with Crippen molar-refractivity contribution in [3.05, 3.63) is 22.6 Å². The smallest absolute Gasteiger partial charge is 0.313 e. The monoisotopic (exact) mass is 310 g/mol. The Bertz CT molecular complexity index is 544. The minimum atomic E-state index is -0.897. The van der Waals surface area contributed by atoms with Gasteiger partial charge >= 0.3 is 5.97 Å². The molecule has 5 nitrogen and oxygen atoms in total. The van der Waals surface area contributed by atoms with Crippen molar-refractivity contribution in [1.29, 1.82) is 0 Å². The summed E-state index contributed by atoms with van der Waals surface area (Å²) in [5.74, 6) is 0.560. The molecule has 1 aliphatic rings. The highest BCUT2D eigenvalue weighted by atomic mass is 32.2. The molecule has 1 N–H and O–H groups in total. The van der Waals surface area contributed by atoms with E-state index in [1.54, 1.807) is 6.20 Å². The summed E-state index contributed by atoms with van der Waals surface area (Å²) < 4.78 is 1.91. The summed E-state index contributed by atoms with van der Waals surface area (Å²) in [6, 6.07) is 1.44. The molecule has 1 saturated carbocycles. The predicted molar refractivity (Wildman–Crippen MR) is 82.6 cm³/mol. The van der Waals surface area contributed by atoms with Crippen molar-refractivity contribution in [3.63, 3.8) is 0 Å². The average molecular weight is 310 g/mol. The second-order valence-electron chi connectivity index (χ2n) is 5.85. The van der Waals surface area contributed by atoms with Crippen molar-refractivity contribution in [2.24, 2.45) is 11.8 Å². The number of aromatic nitrogens is 2. The van der Waals surface area contributed by atoms with E-state index in [1.807, 2.05) is 4.57 Å². The molecule has 0 radical (unpaired) electrons. The SMILES string of the molecule is CC1CCCC(CCn2ccc(=O)nc2SCC(=O)O)C1. The van der Waals surface area contributed by atoms with Crippen LogP contribution in [0.15, 0.2) is 22.2 Å². The summed E-state index contributed by atoms with van der Waals surface area (Å²) in [5.41, 5.74) is -0.314. The molecule has 21 heavy (non-hydrogen) atoms. The molecular formula is C15H22N2O3S. The number of carbonyl (C=O) groups is 1. The summed E-state index contributed by atoms with van der Waals surface area (Å²) in [5, 5.41) is 9.27. The Morgan fingerprint density at radius 1 is 1.52 bits per heavy atom. The van der Waals surface area contributed by atoms with Gasteiger partial charge in [0, 0.05) is 18.8 Å². The predicted octanol–water partition coefficient (Wildman–Crippen LogP) is 2.64. The van der Waals surface area contributed by atoms with Crippen LogP contribution in [0.5, 0.6) is 0 Å². The van der Waals surface area contributed by atoms with Crippen LogP contribution in [-0.2, 0) is 11.3 Å². The lowest BCUT2D eigenvalue weighted by Gasteiger charge is -2.27. The van der Waals surface area contributed by atoms with Gasteiger partial charge in [0.2, 0.25) is 0 Å². The second-order valence-corrected chi connectivity index (χ2v) is 6.79. The van der Waals surface area contributed by atoms with E-state index in [2.05, 4.69) is 11.9 Å². The molecule has 1 aromatic heterocycles. The van der Waals surface area contributed by atoms with Crippen LogP contribution in [-0.4, -0.2) is 26.4 Å². The molecule has 0 aromatic carbocycles. The number of hydrogen-bond donors (Lipinski definition) is 1. The van der Waals surface area contributed by atoms with E-state index in [9.17, 15) is 9.59 Å². The van der Waals surface area contributed by atoms with Gasteiger partial charge in [0.15, 0.2) is 5.16 Å². The van der Waals surface area contributed by atoms with E-state index >= 15 is 0 Å². The molecule has 2 rings (SSSR count). The third kappa shape index (κ3) is 5.19. The molecule has 2 unspecified atom stereocenters. The standard InChI is InChI=1S/C15H22N2O3S/c1-11-3-2-4-12(9-11)5-7-17-8-6-13(18)16-15(17)21-10-14(19)20/h6,8,11-12H,2-5,7,9-10H2,1H3,(H,19,20). The molecule has 1 aliphatic carbocycles. The highest BCUT2D eigenvalue weighted by Gasteiger charge is 2.19. The quantitative estimate of drug-likeness (QED) is 0.646.